The van der Waals surface area contributed by atoms with E-state index in [0.29, 0.717) is 26.3 Å². The Morgan fingerprint density at radius 3 is 2.95 bits per heavy atom. The van der Waals surface area contributed by atoms with Gasteiger partial charge in [-0.1, -0.05) is 6.07 Å². The van der Waals surface area contributed by atoms with E-state index in [4.69, 9.17) is 4.74 Å². The number of hydrogen-bond acceptors (Lipinski definition) is 3. The molecule has 0 radical (unpaired) electrons. The molecule has 112 valence electrons. The topological polar surface area (TPSA) is 70.2 Å². The number of H-pyrrole nitrogens is 1. The van der Waals surface area contributed by atoms with E-state index in [1.54, 1.807) is 4.90 Å². The lowest BCUT2D eigenvalue weighted by molar-refractivity contribution is 0.0526. The van der Waals surface area contributed by atoms with Crippen molar-refractivity contribution in [2.24, 2.45) is 0 Å². The lowest BCUT2D eigenvalue weighted by Gasteiger charge is -2.28. The van der Waals surface area contributed by atoms with Crippen molar-refractivity contribution in [1.29, 1.82) is 0 Å². The van der Waals surface area contributed by atoms with Crippen molar-refractivity contribution in [3.63, 3.8) is 0 Å². The van der Waals surface area contributed by atoms with Gasteiger partial charge < -0.3 is 19.9 Å². The van der Waals surface area contributed by atoms with Crippen LogP contribution in [0, 0.1) is 6.92 Å². The van der Waals surface area contributed by atoms with Crippen LogP contribution in [0.25, 0.3) is 11.0 Å². The Labute approximate surface area is 123 Å². The molecule has 2 amide bonds. The van der Waals surface area contributed by atoms with Gasteiger partial charge in [0, 0.05) is 13.1 Å². The molecule has 1 aliphatic heterocycles. The second-order valence-electron chi connectivity index (χ2n) is 5.41. The smallest absolute Gasteiger partial charge is 0.318 e. The number of amides is 2. The molecule has 0 spiro atoms. The molecule has 1 atom stereocenters. The summed E-state index contributed by atoms with van der Waals surface area (Å²) in [5.41, 5.74) is 3.10. The quantitative estimate of drug-likeness (QED) is 0.887. The van der Waals surface area contributed by atoms with Crippen LogP contribution in [0.5, 0.6) is 0 Å². The van der Waals surface area contributed by atoms with Gasteiger partial charge in [0.2, 0.25) is 0 Å². The van der Waals surface area contributed by atoms with Crippen molar-refractivity contribution in [3.8, 4) is 0 Å². The molecule has 1 aromatic carbocycles. The zero-order valence-corrected chi connectivity index (χ0v) is 12.3. The predicted molar refractivity (Wildman–Crippen MR) is 80.2 cm³/mol. The fraction of sp³-hybridized carbons (Fsp3) is 0.467. The average Bonchev–Trinajstić information content (AvgIpc) is 2.91. The molecule has 2 heterocycles. The van der Waals surface area contributed by atoms with E-state index in [9.17, 15) is 4.79 Å². The van der Waals surface area contributed by atoms with Gasteiger partial charge >= 0.3 is 6.03 Å². The van der Waals surface area contributed by atoms with Gasteiger partial charge in [-0.15, -0.1) is 0 Å². The number of morpholine rings is 1. The summed E-state index contributed by atoms with van der Waals surface area (Å²) in [6.07, 6.45) is 0. The van der Waals surface area contributed by atoms with Gasteiger partial charge in [-0.25, -0.2) is 9.78 Å². The highest BCUT2D eigenvalue weighted by Crippen LogP contribution is 2.17. The molecule has 0 bridgehead atoms. The van der Waals surface area contributed by atoms with Crippen LogP contribution in [-0.2, 0) is 4.74 Å². The van der Waals surface area contributed by atoms with E-state index in [2.05, 4.69) is 21.4 Å². The van der Waals surface area contributed by atoms with Crippen molar-refractivity contribution >= 4 is 17.1 Å². The molecule has 1 saturated heterocycles. The fourth-order valence-corrected chi connectivity index (χ4v) is 2.46. The highest BCUT2D eigenvalue weighted by molar-refractivity contribution is 5.77. The molecular weight excluding hydrogens is 268 g/mol. The number of imidazole rings is 1. The summed E-state index contributed by atoms with van der Waals surface area (Å²) in [5.74, 6) is 0.775. The van der Waals surface area contributed by atoms with E-state index < -0.39 is 0 Å². The van der Waals surface area contributed by atoms with Crippen LogP contribution in [0.3, 0.4) is 0 Å². The Kier molecular flexibility index (Phi) is 3.79. The highest BCUT2D eigenvalue weighted by atomic mass is 16.5. The van der Waals surface area contributed by atoms with Crippen molar-refractivity contribution < 1.29 is 9.53 Å². The Balaban J connectivity index is 1.71. The van der Waals surface area contributed by atoms with Crippen molar-refractivity contribution in [2.75, 3.05) is 26.3 Å². The summed E-state index contributed by atoms with van der Waals surface area (Å²) in [5, 5.41) is 2.98. The van der Waals surface area contributed by atoms with Gasteiger partial charge in [0.1, 0.15) is 5.82 Å². The number of fused-ring (bicyclic) bond motifs is 1. The Morgan fingerprint density at radius 1 is 1.43 bits per heavy atom. The van der Waals surface area contributed by atoms with Crippen LogP contribution in [0.15, 0.2) is 18.2 Å². The molecule has 3 rings (SSSR count). The second-order valence-corrected chi connectivity index (χ2v) is 5.41. The molecule has 1 aliphatic rings. The minimum Gasteiger partial charge on any atom is -0.378 e. The van der Waals surface area contributed by atoms with Gasteiger partial charge in [-0.3, -0.25) is 0 Å². The number of urea groups is 1. The van der Waals surface area contributed by atoms with E-state index in [0.717, 1.165) is 16.9 Å². The van der Waals surface area contributed by atoms with Crippen LogP contribution in [0.4, 0.5) is 4.79 Å². The average molecular weight is 288 g/mol. The maximum Gasteiger partial charge on any atom is 0.318 e. The Morgan fingerprint density at radius 2 is 2.19 bits per heavy atom. The van der Waals surface area contributed by atoms with E-state index in [1.165, 1.54) is 5.56 Å². The van der Waals surface area contributed by atoms with Crippen LogP contribution in [0.2, 0.25) is 0 Å². The first kappa shape index (κ1) is 13.9. The molecular formula is C15H20N4O2. The standard InChI is InChI=1S/C15H20N4O2/c1-10-3-4-12-13(9-10)18-14(17-12)11(2)16-15(20)19-5-7-21-8-6-19/h3-4,9,11H,5-8H2,1-2H3,(H,16,20)(H,17,18)/t11-/m1/s1. The summed E-state index contributed by atoms with van der Waals surface area (Å²) in [7, 11) is 0. The number of hydrogen-bond donors (Lipinski definition) is 2. The van der Waals surface area contributed by atoms with Crippen LogP contribution in [-0.4, -0.2) is 47.2 Å². The number of carbonyl (C=O) groups is 1. The van der Waals surface area contributed by atoms with Crippen LogP contribution >= 0.6 is 0 Å². The maximum atomic E-state index is 12.2. The number of nitrogens with one attached hydrogen (secondary N) is 2. The van der Waals surface area contributed by atoms with E-state index in [1.807, 2.05) is 26.0 Å². The zero-order valence-electron chi connectivity index (χ0n) is 12.3. The number of nitrogens with zero attached hydrogens (tertiary/aromatic N) is 2. The molecule has 0 unspecified atom stereocenters. The molecule has 21 heavy (non-hydrogen) atoms. The normalized spacial score (nSPS) is 17.0. The fourth-order valence-electron chi connectivity index (χ4n) is 2.46. The largest absolute Gasteiger partial charge is 0.378 e. The SMILES string of the molecule is Cc1ccc2nc([C@@H](C)NC(=O)N3CCOCC3)[nH]c2c1. The summed E-state index contributed by atoms with van der Waals surface area (Å²) >= 11 is 0. The van der Waals surface area contributed by atoms with Crippen molar-refractivity contribution in [1.82, 2.24) is 20.2 Å². The third-order valence-corrected chi connectivity index (χ3v) is 3.70. The molecule has 6 nitrogen and oxygen atoms in total. The lowest BCUT2D eigenvalue weighted by atomic mass is 10.2. The molecule has 6 heteroatoms. The number of rotatable bonds is 2. The Bertz CT molecular complexity index is 646. The third-order valence-electron chi connectivity index (χ3n) is 3.70. The van der Waals surface area contributed by atoms with Crippen LogP contribution in [0.1, 0.15) is 24.4 Å². The first-order valence-electron chi connectivity index (χ1n) is 7.23. The Hall–Kier alpha value is -2.08. The first-order chi connectivity index (χ1) is 10.1. The minimum atomic E-state index is -0.159. The molecule has 2 N–H and O–H groups in total. The van der Waals surface area contributed by atoms with Crippen LogP contribution < -0.4 is 5.32 Å². The van der Waals surface area contributed by atoms with Gasteiger partial charge in [-0.05, 0) is 31.5 Å². The first-order valence-corrected chi connectivity index (χ1v) is 7.23. The molecule has 0 aliphatic carbocycles. The van der Waals surface area contributed by atoms with E-state index in [-0.39, 0.29) is 12.1 Å². The number of aromatic nitrogens is 2. The zero-order chi connectivity index (χ0) is 14.8. The molecule has 0 saturated carbocycles. The molecule has 1 aromatic heterocycles. The number of ether oxygens (including phenoxy) is 1. The maximum absolute atomic E-state index is 12.2. The number of carbonyl (C=O) groups excluding carboxylic acids is 1. The monoisotopic (exact) mass is 288 g/mol. The number of benzene rings is 1. The summed E-state index contributed by atoms with van der Waals surface area (Å²) in [4.78, 5) is 21.8. The highest BCUT2D eigenvalue weighted by Gasteiger charge is 2.20. The summed E-state index contributed by atoms with van der Waals surface area (Å²) in [6, 6.07) is 5.85. The van der Waals surface area contributed by atoms with Gasteiger partial charge in [0.05, 0.1) is 30.3 Å². The van der Waals surface area contributed by atoms with Gasteiger partial charge in [0.25, 0.3) is 0 Å². The van der Waals surface area contributed by atoms with Gasteiger partial charge in [-0.2, -0.15) is 0 Å². The number of aromatic amines is 1. The van der Waals surface area contributed by atoms with Crippen molar-refractivity contribution in [2.45, 2.75) is 19.9 Å². The molecule has 2 aromatic rings. The summed E-state index contributed by atoms with van der Waals surface area (Å²) < 4.78 is 5.25. The minimum absolute atomic E-state index is 0.0672. The number of aryl methyl sites for hydroxylation is 1. The predicted octanol–water partition coefficient (Wildman–Crippen LogP) is 1.97. The van der Waals surface area contributed by atoms with E-state index >= 15 is 0 Å². The lowest BCUT2D eigenvalue weighted by Crippen LogP contribution is -2.46. The second kappa shape index (κ2) is 5.73. The third kappa shape index (κ3) is 3.00. The summed E-state index contributed by atoms with van der Waals surface area (Å²) in [6.45, 7) is 6.46. The van der Waals surface area contributed by atoms with Crippen molar-refractivity contribution in [3.05, 3.63) is 29.6 Å². The molecule has 1 fully saturated rings. The van der Waals surface area contributed by atoms with Gasteiger partial charge in [0.15, 0.2) is 0 Å².